The van der Waals surface area contributed by atoms with E-state index in [1.54, 1.807) is 19.9 Å². The van der Waals surface area contributed by atoms with Crippen LogP contribution >= 0.6 is 23.2 Å². The van der Waals surface area contributed by atoms with Gasteiger partial charge in [-0.25, -0.2) is 4.79 Å². The van der Waals surface area contributed by atoms with Crippen molar-refractivity contribution in [3.05, 3.63) is 82.4 Å². The molecule has 1 unspecified atom stereocenters. The second-order valence-corrected chi connectivity index (χ2v) is 14.3. The average molecular weight is 733 g/mol. The molecule has 13 heteroatoms. The number of carbonyl (C=O) groups excluding carboxylic acids is 4. The third kappa shape index (κ3) is 12.4. The predicted molar refractivity (Wildman–Crippen MR) is 191 cm³/mol. The number of aryl methyl sites for hydroxylation is 1. The lowest BCUT2D eigenvalue weighted by Gasteiger charge is -2.38. The Hall–Kier alpha value is -3.93. The Labute approximate surface area is 303 Å². The van der Waals surface area contributed by atoms with Crippen LogP contribution in [0, 0.1) is 24.7 Å². The highest BCUT2D eigenvalue weighted by Crippen LogP contribution is 2.33. The lowest BCUT2D eigenvalue weighted by atomic mass is 9.87. The van der Waals surface area contributed by atoms with E-state index in [1.165, 1.54) is 12.2 Å². The summed E-state index contributed by atoms with van der Waals surface area (Å²) in [5.74, 6) is -5.38. The van der Waals surface area contributed by atoms with Crippen LogP contribution in [-0.2, 0) is 46.3 Å². The van der Waals surface area contributed by atoms with Crippen molar-refractivity contribution >= 4 is 52.9 Å². The van der Waals surface area contributed by atoms with Crippen molar-refractivity contribution in [2.75, 3.05) is 13.1 Å². The Morgan fingerprint density at radius 1 is 1.04 bits per heavy atom. The van der Waals surface area contributed by atoms with Crippen LogP contribution in [0.5, 0.6) is 0 Å². The van der Waals surface area contributed by atoms with Crippen molar-refractivity contribution in [1.82, 2.24) is 16.0 Å². The molecule has 0 spiro atoms. The maximum atomic E-state index is 13.7. The molecule has 50 heavy (non-hydrogen) atoms. The number of carbonyl (C=O) groups is 5. The molecule has 1 aliphatic heterocycles. The van der Waals surface area contributed by atoms with E-state index >= 15 is 0 Å². The normalized spacial score (nSPS) is 23.5. The van der Waals surface area contributed by atoms with Crippen molar-refractivity contribution in [2.45, 2.75) is 83.5 Å². The topological polar surface area (TPSA) is 160 Å². The van der Waals surface area contributed by atoms with Gasteiger partial charge in [-0.1, -0.05) is 87.8 Å². The average Bonchev–Trinajstić information content (AvgIpc) is 3.06. The zero-order valence-electron chi connectivity index (χ0n) is 29.0. The third-order valence-corrected chi connectivity index (χ3v) is 9.54. The number of rotatable bonds is 11. The Bertz CT molecular complexity index is 1540. The largest absolute Gasteiger partial charge is 0.480 e. The third-order valence-electron chi connectivity index (χ3n) is 8.52. The number of carboxylic acids is 1. The van der Waals surface area contributed by atoms with Crippen molar-refractivity contribution < 1.29 is 38.6 Å². The van der Waals surface area contributed by atoms with Gasteiger partial charge in [0.1, 0.15) is 17.1 Å². The van der Waals surface area contributed by atoms with E-state index in [0.717, 1.165) is 16.7 Å². The Morgan fingerprint density at radius 3 is 2.38 bits per heavy atom. The summed E-state index contributed by atoms with van der Waals surface area (Å²) in [6, 6.07) is 13.5. The minimum absolute atomic E-state index is 0.0124. The maximum absolute atomic E-state index is 13.7. The quantitative estimate of drug-likeness (QED) is 0.145. The number of benzene rings is 2. The molecule has 2 aromatic carbocycles. The number of ether oxygens (including phenoxy) is 2. The van der Waals surface area contributed by atoms with E-state index in [2.05, 4.69) is 16.0 Å². The summed E-state index contributed by atoms with van der Waals surface area (Å²) in [7, 11) is 0. The van der Waals surface area contributed by atoms with Gasteiger partial charge >= 0.3 is 17.9 Å². The van der Waals surface area contributed by atoms with Crippen LogP contribution in [0.3, 0.4) is 0 Å². The standard InChI is InChI=1S/C37H47Cl2N3O8/c1-22(2)16-31-36(48)49-30(25(5)37(39,41-21-33(44)45)19-26-10-7-6-8-11-26)12-9-13-32(43)42-29(18-27-15-14-23(3)28(38)17-27)34(46)40-20-24(4)35(47)50-31/h6-11,13-15,17,22,24-25,29-31,41H,12,16,18-21H2,1-5H3,(H,40,46)(H,42,43)(H,44,45)/b13-9+/t24-,25+,29-,30+,31+,37?/m1/s1. The van der Waals surface area contributed by atoms with Crippen LogP contribution in [-0.4, -0.2) is 71.2 Å². The van der Waals surface area contributed by atoms with E-state index in [-0.39, 0.29) is 38.1 Å². The first kappa shape index (κ1) is 40.5. The fourth-order valence-corrected chi connectivity index (χ4v) is 6.01. The first-order chi connectivity index (χ1) is 23.6. The smallest absolute Gasteiger partial charge is 0.347 e. The van der Waals surface area contributed by atoms with Gasteiger partial charge in [-0.2, -0.15) is 0 Å². The lowest BCUT2D eigenvalue weighted by Crippen LogP contribution is -2.54. The molecule has 3 rings (SSSR count). The van der Waals surface area contributed by atoms with E-state index < -0.39 is 71.4 Å². The summed E-state index contributed by atoms with van der Waals surface area (Å²) in [6.45, 7) is 8.28. The molecule has 0 aromatic heterocycles. The number of amides is 2. The van der Waals surface area contributed by atoms with Gasteiger partial charge in [0.15, 0.2) is 6.10 Å². The molecule has 0 radical (unpaired) electrons. The SMILES string of the molecule is Cc1ccc(C[C@H]2NC(=O)/C=C/C[C@@H]([C@H](C)C(Cl)(Cc3ccccc3)NCC(=O)O)OC(=O)[C@H](CC(C)C)OC(=O)[C@H](C)CNC2=O)cc1Cl. The Balaban J connectivity index is 2.00. The van der Waals surface area contributed by atoms with Gasteiger partial charge in [-0.3, -0.25) is 24.5 Å². The molecule has 272 valence electrons. The first-order valence-corrected chi connectivity index (χ1v) is 17.4. The molecule has 0 saturated heterocycles. The molecule has 0 saturated carbocycles. The summed E-state index contributed by atoms with van der Waals surface area (Å²) >= 11 is 13.5. The second kappa shape index (κ2) is 18.9. The number of halogens is 2. The summed E-state index contributed by atoms with van der Waals surface area (Å²) in [6.07, 6.45) is 0.926. The number of nitrogens with one attached hydrogen (secondary N) is 3. The number of hydrogen-bond acceptors (Lipinski definition) is 8. The van der Waals surface area contributed by atoms with Gasteiger partial charge in [-0.15, -0.1) is 11.6 Å². The highest BCUT2D eigenvalue weighted by molar-refractivity contribution is 6.31. The molecule has 1 aliphatic rings. The van der Waals surface area contributed by atoms with Crippen LogP contribution in [0.25, 0.3) is 0 Å². The summed E-state index contributed by atoms with van der Waals surface area (Å²) in [4.78, 5) is 63.7. The summed E-state index contributed by atoms with van der Waals surface area (Å²) in [5.41, 5.74) is 2.39. The number of cyclic esters (lactones) is 2. The molecule has 6 atom stereocenters. The zero-order valence-corrected chi connectivity index (χ0v) is 30.6. The Kier molecular flexibility index (Phi) is 15.3. The fraction of sp³-hybridized carbons (Fsp3) is 0.486. The Morgan fingerprint density at radius 2 is 1.74 bits per heavy atom. The number of hydrogen-bond donors (Lipinski definition) is 4. The van der Waals surface area contributed by atoms with Crippen molar-refractivity contribution in [3.63, 3.8) is 0 Å². The van der Waals surface area contributed by atoms with Gasteiger partial charge in [0.25, 0.3) is 0 Å². The highest BCUT2D eigenvalue weighted by atomic mass is 35.5. The molecule has 0 aliphatic carbocycles. The molecular formula is C37H47Cl2N3O8. The number of esters is 2. The fourth-order valence-electron chi connectivity index (χ4n) is 5.45. The van der Waals surface area contributed by atoms with Gasteiger partial charge in [0, 0.05) is 36.7 Å². The van der Waals surface area contributed by atoms with Crippen LogP contribution in [0.15, 0.2) is 60.7 Å². The van der Waals surface area contributed by atoms with Gasteiger partial charge in [-0.05, 0) is 48.1 Å². The van der Waals surface area contributed by atoms with Gasteiger partial charge < -0.3 is 25.2 Å². The highest BCUT2D eigenvalue weighted by Gasteiger charge is 2.42. The molecular weight excluding hydrogens is 685 g/mol. The minimum atomic E-state index is -1.42. The van der Waals surface area contributed by atoms with Gasteiger partial charge in [0.2, 0.25) is 11.8 Å². The molecule has 2 amide bonds. The molecule has 2 aromatic rings. The van der Waals surface area contributed by atoms with Crippen LogP contribution in [0.4, 0.5) is 0 Å². The van der Waals surface area contributed by atoms with Gasteiger partial charge in [0.05, 0.1) is 12.5 Å². The minimum Gasteiger partial charge on any atom is -0.480 e. The predicted octanol–water partition coefficient (Wildman–Crippen LogP) is 4.75. The van der Waals surface area contributed by atoms with Crippen LogP contribution in [0.2, 0.25) is 5.02 Å². The number of carboxylic acid groups (broad SMARTS) is 1. The first-order valence-electron chi connectivity index (χ1n) is 16.7. The van der Waals surface area contributed by atoms with Crippen LogP contribution < -0.4 is 16.0 Å². The van der Waals surface area contributed by atoms with Crippen molar-refractivity contribution in [3.8, 4) is 0 Å². The molecule has 4 N–H and O–H groups in total. The molecule has 11 nitrogen and oxygen atoms in total. The number of aliphatic carboxylic acids is 1. The molecule has 0 bridgehead atoms. The molecule has 0 fully saturated rings. The molecule has 1 heterocycles. The van der Waals surface area contributed by atoms with E-state index in [1.807, 2.05) is 63.2 Å². The second-order valence-electron chi connectivity index (χ2n) is 13.2. The van der Waals surface area contributed by atoms with E-state index in [9.17, 15) is 29.1 Å². The monoisotopic (exact) mass is 731 g/mol. The van der Waals surface area contributed by atoms with E-state index in [4.69, 9.17) is 32.7 Å². The van der Waals surface area contributed by atoms with Crippen molar-refractivity contribution in [1.29, 1.82) is 0 Å². The van der Waals surface area contributed by atoms with Crippen molar-refractivity contribution in [2.24, 2.45) is 17.8 Å². The lowest BCUT2D eigenvalue weighted by molar-refractivity contribution is -0.176. The maximum Gasteiger partial charge on any atom is 0.347 e. The van der Waals surface area contributed by atoms with E-state index in [0.29, 0.717) is 5.02 Å². The number of alkyl halides is 1. The summed E-state index contributed by atoms with van der Waals surface area (Å²) in [5, 5.41) is 18.4. The zero-order chi connectivity index (χ0) is 37.0. The van der Waals surface area contributed by atoms with Crippen LogP contribution in [0.1, 0.15) is 57.2 Å². The summed E-state index contributed by atoms with van der Waals surface area (Å²) < 4.78 is 11.7.